The summed E-state index contributed by atoms with van der Waals surface area (Å²) in [6, 6.07) is 17.2. The van der Waals surface area contributed by atoms with Crippen molar-refractivity contribution in [3.05, 3.63) is 95.6 Å². The summed E-state index contributed by atoms with van der Waals surface area (Å²) >= 11 is 0. The molecule has 0 saturated carbocycles. The van der Waals surface area contributed by atoms with Crippen molar-refractivity contribution in [2.75, 3.05) is 0 Å². The van der Waals surface area contributed by atoms with E-state index in [1.54, 1.807) is 0 Å². The van der Waals surface area contributed by atoms with Crippen molar-refractivity contribution < 1.29 is 0 Å². The van der Waals surface area contributed by atoms with Gasteiger partial charge < -0.3 is 0 Å². The molecule has 104 valence electrons. The van der Waals surface area contributed by atoms with E-state index in [4.69, 9.17) is 0 Å². The van der Waals surface area contributed by atoms with Crippen LogP contribution >= 0.6 is 0 Å². The third-order valence-corrected chi connectivity index (χ3v) is 4.23. The molecule has 1 aliphatic rings. The molecule has 3 rings (SSSR count). The lowest BCUT2D eigenvalue weighted by Crippen LogP contribution is -2.02. The zero-order valence-electron chi connectivity index (χ0n) is 12.5. The second kappa shape index (κ2) is 5.57. The van der Waals surface area contributed by atoms with Crippen molar-refractivity contribution >= 4 is 11.1 Å². The Balaban J connectivity index is 1.92. The van der Waals surface area contributed by atoms with Crippen LogP contribution < -0.4 is 0 Å². The van der Waals surface area contributed by atoms with Crippen molar-refractivity contribution in [3.63, 3.8) is 0 Å². The highest BCUT2D eigenvalue weighted by molar-refractivity contribution is 5.98. The van der Waals surface area contributed by atoms with Gasteiger partial charge in [-0.05, 0) is 51.8 Å². The predicted molar refractivity (Wildman–Crippen MR) is 92.1 cm³/mol. The fourth-order valence-electron chi connectivity index (χ4n) is 2.88. The van der Waals surface area contributed by atoms with Gasteiger partial charge in [-0.2, -0.15) is 0 Å². The molecule has 0 amide bonds. The van der Waals surface area contributed by atoms with E-state index < -0.39 is 0 Å². The van der Waals surface area contributed by atoms with E-state index in [0.717, 1.165) is 24.0 Å². The average molecular weight is 272 g/mol. The van der Waals surface area contributed by atoms with E-state index in [9.17, 15) is 0 Å². The maximum Gasteiger partial charge on any atom is -0.00819 e. The summed E-state index contributed by atoms with van der Waals surface area (Å²) in [6.45, 7) is 10.8. The lowest BCUT2D eigenvalue weighted by Gasteiger charge is -2.21. The van der Waals surface area contributed by atoms with Gasteiger partial charge in [-0.25, -0.2) is 0 Å². The Kier molecular flexibility index (Phi) is 3.62. The van der Waals surface area contributed by atoms with Crippen molar-refractivity contribution in [2.24, 2.45) is 0 Å². The van der Waals surface area contributed by atoms with E-state index in [2.05, 4.69) is 74.7 Å². The van der Waals surface area contributed by atoms with Gasteiger partial charge in [0, 0.05) is 0 Å². The van der Waals surface area contributed by atoms with Crippen molar-refractivity contribution in [3.8, 4) is 0 Å². The molecule has 0 atom stereocenters. The third kappa shape index (κ3) is 2.50. The highest BCUT2D eigenvalue weighted by Gasteiger charge is 2.17. The Morgan fingerprint density at radius 3 is 2.48 bits per heavy atom. The molecule has 0 heterocycles. The molecule has 0 saturated heterocycles. The molecule has 0 nitrogen and oxygen atoms in total. The average Bonchev–Trinajstić information content (AvgIpc) is 2.55. The summed E-state index contributed by atoms with van der Waals surface area (Å²) in [5.41, 5.74) is 8.46. The van der Waals surface area contributed by atoms with Gasteiger partial charge in [0.15, 0.2) is 0 Å². The van der Waals surface area contributed by atoms with Crippen molar-refractivity contribution in [2.45, 2.75) is 19.8 Å². The van der Waals surface area contributed by atoms with Crippen LogP contribution in [0.15, 0.2) is 73.3 Å². The number of rotatable bonds is 3. The zero-order valence-corrected chi connectivity index (χ0v) is 12.5. The number of fused-ring (bicyclic) bond motifs is 1. The summed E-state index contributed by atoms with van der Waals surface area (Å²) in [7, 11) is 0. The van der Waals surface area contributed by atoms with Gasteiger partial charge in [0.25, 0.3) is 0 Å². The van der Waals surface area contributed by atoms with Crippen molar-refractivity contribution in [1.82, 2.24) is 0 Å². The van der Waals surface area contributed by atoms with Gasteiger partial charge in [0.05, 0.1) is 0 Å². The van der Waals surface area contributed by atoms with Crippen LogP contribution in [0.3, 0.4) is 0 Å². The Morgan fingerprint density at radius 2 is 1.76 bits per heavy atom. The molecule has 21 heavy (non-hydrogen) atoms. The molecule has 0 aromatic heterocycles. The molecule has 0 spiro atoms. The molecule has 0 radical (unpaired) electrons. The third-order valence-electron chi connectivity index (χ3n) is 4.23. The molecular formula is C21H20. The summed E-state index contributed by atoms with van der Waals surface area (Å²) in [5.74, 6) is 0. The van der Waals surface area contributed by atoms with Crippen molar-refractivity contribution in [1.29, 1.82) is 0 Å². The second-order valence-electron chi connectivity index (χ2n) is 5.49. The number of aryl methyl sites for hydroxylation is 1. The molecule has 0 bridgehead atoms. The first kappa shape index (κ1) is 13.6. The van der Waals surface area contributed by atoms with Crippen LogP contribution in [0.1, 0.15) is 29.2 Å². The molecule has 2 aromatic rings. The first-order chi connectivity index (χ1) is 10.2. The monoisotopic (exact) mass is 272 g/mol. The van der Waals surface area contributed by atoms with Gasteiger partial charge in [-0.15, -0.1) is 0 Å². The fourth-order valence-corrected chi connectivity index (χ4v) is 2.88. The van der Waals surface area contributed by atoms with E-state index in [0.29, 0.717) is 0 Å². The number of benzene rings is 2. The molecule has 0 N–H and O–H groups in total. The smallest absolute Gasteiger partial charge is 0.00819 e. The Morgan fingerprint density at radius 1 is 1.05 bits per heavy atom. The summed E-state index contributed by atoms with van der Waals surface area (Å²) in [6.07, 6.45) is 4.27. The van der Waals surface area contributed by atoms with Gasteiger partial charge in [0.2, 0.25) is 0 Å². The summed E-state index contributed by atoms with van der Waals surface area (Å²) < 4.78 is 0. The minimum atomic E-state index is 0.955. The summed E-state index contributed by atoms with van der Waals surface area (Å²) in [4.78, 5) is 0. The lowest BCUT2D eigenvalue weighted by atomic mass is 9.83. The van der Waals surface area contributed by atoms with Crippen LogP contribution in [-0.2, 0) is 12.8 Å². The van der Waals surface area contributed by atoms with Gasteiger partial charge in [0.1, 0.15) is 0 Å². The normalized spacial score (nSPS) is 13.6. The standard InChI is InChI=1S/C21H20/c1-4-17-9-11-18(12-10-17)15(2)20-14-13-19-7-5-6-8-21(19)16(20)3/h5-12,14H,2-4,13H2,1H3. The first-order valence-corrected chi connectivity index (χ1v) is 7.47. The van der Waals surface area contributed by atoms with Crippen LogP contribution in [0.25, 0.3) is 11.1 Å². The predicted octanol–water partition coefficient (Wildman–Crippen LogP) is 5.46. The Labute approximate surface area is 127 Å². The van der Waals surface area contributed by atoms with Crippen LogP contribution in [0.4, 0.5) is 0 Å². The zero-order chi connectivity index (χ0) is 14.8. The molecule has 0 heteroatoms. The maximum atomic E-state index is 4.30. The van der Waals surface area contributed by atoms with Crippen LogP contribution in [-0.4, -0.2) is 0 Å². The largest absolute Gasteiger partial charge is 0.0905 e. The van der Waals surface area contributed by atoms with E-state index in [1.165, 1.54) is 27.8 Å². The van der Waals surface area contributed by atoms with Gasteiger partial charge >= 0.3 is 0 Å². The Hall–Kier alpha value is -2.34. The molecule has 0 aliphatic heterocycles. The highest BCUT2D eigenvalue weighted by Crippen LogP contribution is 2.37. The van der Waals surface area contributed by atoms with Gasteiger partial charge in [-0.3, -0.25) is 0 Å². The molecular weight excluding hydrogens is 252 g/mol. The minimum Gasteiger partial charge on any atom is -0.0905 e. The number of hydrogen-bond donors (Lipinski definition) is 0. The second-order valence-corrected chi connectivity index (χ2v) is 5.49. The Bertz CT molecular complexity index is 727. The molecule has 1 aliphatic carbocycles. The molecule has 0 unspecified atom stereocenters. The van der Waals surface area contributed by atoms with Crippen LogP contribution in [0.5, 0.6) is 0 Å². The topological polar surface area (TPSA) is 0 Å². The van der Waals surface area contributed by atoms with E-state index in [-0.39, 0.29) is 0 Å². The van der Waals surface area contributed by atoms with Crippen LogP contribution in [0, 0.1) is 0 Å². The van der Waals surface area contributed by atoms with E-state index >= 15 is 0 Å². The maximum absolute atomic E-state index is 4.30. The lowest BCUT2D eigenvalue weighted by molar-refractivity contribution is 1.14. The number of hydrogen-bond acceptors (Lipinski definition) is 0. The SMILES string of the molecule is C=C(C1=CCc2ccccc2C1=C)c1ccc(CC)cc1. The quantitative estimate of drug-likeness (QED) is 0.696. The highest BCUT2D eigenvalue weighted by atomic mass is 14.2. The minimum absolute atomic E-state index is 0.955. The first-order valence-electron chi connectivity index (χ1n) is 7.47. The van der Waals surface area contributed by atoms with Gasteiger partial charge in [-0.1, -0.05) is 74.7 Å². The van der Waals surface area contributed by atoms with Crippen LogP contribution in [0.2, 0.25) is 0 Å². The number of allylic oxidation sites excluding steroid dienone is 4. The molecule has 0 fully saturated rings. The van der Waals surface area contributed by atoms with E-state index in [1.807, 2.05) is 0 Å². The molecule has 2 aromatic carbocycles. The summed E-state index contributed by atoms with van der Waals surface area (Å²) in [5, 5.41) is 0. The fraction of sp³-hybridized carbons (Fsp3) is 0.143.